The molecule has 0 saturated carbocycles. The van der Waals surface area contributed by atoms with E-state index in [0.717, 1.165) is 32.2 Å². The average Bonchev–Trinajstić information content (AvgIpc) is 2.43. The highest BCUT2D eigenvalue weighted by Crippen LogP contribution is 2.29. The summed E-state index contributed by atoms with van der Waals surface area (Å²) in [6, 6.07) is 5.73. The van der Waals surface area contributed by atoms with E-state index in [2.05, 4.69) is 24.1 Å². The van der Waals surface area contributed by atoms with Crippen LogP contribution in [0.1, 0.15) is 31.9 Å². The van der Waals surface area contributed by atoms with Gasteiger partial charge in [0.05, 0.1) is 5.56 Å². The lowest BCUT2D eigenvalue weighted by molar-refractivity contribution is -0.137. The molecule has 1 atom stereocenters. The number of rotatable bonds is 8. The number of nitrogens with one attached hydrogen (secondary N) is 1. The minimum absolute atomic E-state index is 0.157. The molecule has 0 unspecified atom stereocenters. The Bertz CT molecular complexity index is 414. The summed E-state index contributed by atoms with van der Waals surface area (Å²) in [6.45, 7) is 10.1. The third-order valence-corrected chi connectivity index (χ3v) is 3.61. The third-order valence-electron chi connectivity index (χ3n) is 3.61. The van der Waals surface area contributed by atoms with E-state index in [9.17, 15) is 13.2 Å². The van der Waals surface area contributed by atoms with Gasteiger partial charge in [-0.2, -0.15) is 13.2 Å². The fourth-order valence-corrected chi connectivity index (χ4v) is 2.31. The van der Waals surface area contributed by atoms with E-state index in [1.165, 1.54) is 12.1 Å². The van der Waals surface area contributed by atoms with E-state index >= 15 is 0 Å². The van der Waals surface area contributed by atoms with Gasteiger partial charge in [0.1, 0.15) is 0 Å². The second kappa shape index (κ2) is 8.39. The second-order valence-corrected chi connectivity index (χ2v) is 5.28. The number of hydrogen-bond acceptors (Lipinski definition) is 2. The highest BCUT2D eigenvalue weighted by molar-refractivity contribution is 5.26. The fourth-order valence-electron chi connectivity index (χ4n) is 2.31. The van der Waals surface area contributed by atoms with Crippen molar-refractivity contribution in [1.82, 2.24) is 10.2 Å². The molecule has 0 spiro atoms. The lowest BCUT2D eigenvalue weighted by Gasteiger charge is -2.20. The van der Waals surface area contributed by atoms with E-state index in [-0.39, 0.29) is 6.04 Å². The Morgan fingerprint density at radius 1 is 1.19 bits per heavy atom. The van der Waals surface area contributed by atoms with Crippen LogP contribution in [-0.2, 0) is 12.6 Å². The van der Waals surface area contributed by atoms with Crippen molar-refractivity contribution in [2.24, 2.45) is 0 Å². The largest absolute Gasteiger partial charge is 0.416 e. The molecule has 0 amide bonds. The van der Waals surface area contributed by atoms with E-state index < -0.39 is 11.7 Å². The molecular weight excluding hydrogens is 277 g/mol. The highest BCUT2D eigenvalue weighted by Gasteiger charge is 2.30. The van der Waals surface area contributed by atoms with E-state index in [0.29, 0.717) is 12.0 Å². The zero-order valence-electron chi connectivity index (χ0n) is 13.0. The summed E-state index contributed by atoms with van der Waals surface area (Å²) in [5.74, 6) is 0. The Hall–Kier alpha value is -1.07. The van der Waals surface area contributed by atoms with Crippen molar-refractivity contribution < 1.29 is 13.2 Å². The number of nitrogens with zero attached hydrogens (tertiary/aromatic N) is 1. The molecule has 0 aliphatic rings. The predicted octanol–water partition coefficient (Wildman–Crippen LogP) is 3.57. The Labute approximate surface area is 125 Å². The maximum Gasteiger partial charge on any atom is 0.416 e. The van der Waals surface area contributed by atoms with Crippen LogP contribution < -0.4 is 5.32 Å². The lowest BCUT2D eigenvalue weighted by Crippen LogP contribution is -2.36. The van der Waals surface area contributed by atoms with Gasteiger partial charge in [-0.25, -0.2) is 0 Å². The Morgan fingerprint density at radius 2 is 1.86 bits per heavy atom. The van der Waals surface area contributed by atoms with Crippen molar-refractivity contribution in [1.29, 1.82) is 0 Å². The van der Waals surface area contributed by atoms with Crippen molar-refractivity contribution >= 4 is 0 Å². The highest BCUT2D eigenvalue weighted by atomic mass is 19.4. The SMILES string of the molecule is CCN(CC)CCN[C@@H](C)Cc1cccc(C(F)(F)F)c1. The molecule has 0 fully saturated rings. The molecule has 0 aromatic heterocycles. The van der Waals surface area contributed by atoms with Crippen LogP contribution in [0, 0.1) is 0 Å². The first kappa shape index (κ1) is 18.0. The quantitative estimate of drug-likeness (QED) is 0.790. The lowest BCUT2D eigenvalue weighted by atomic mass is 10.0. The monoisotopic (exact) mass is 302 g/mol. The van der Waals surface area contributed by atoms with E-state index in [1.807, 2.05) is 6.92 Å². The smallest absolute Gasteiger partial charge is 0.313 e. The van der Waals surface area contributed by atoms with Gasteiger partial charge >= 0.3 is 6.18 Å². The summed E-state index contributed by atoms with van der Waals surface area (Å²) in [4.78, 5) is 2.31. The molecule has 0 aliphatic carbocycles. The Morgan fingerprint density at radius 3 is 2.43 bits per heavy atom. The van der Waals surface area contributed by atoms with Gasteiger partial charge in [0.25, 0.3) is 0 Å². The molecule has 0 bridgehead atoms. The summed E-state index contributed by atoms with van der Waals surface area (Å²) in [5.41, 5.74) is 0.142. The van der Waals surface area contributed by atoms with Crippen LogP contribution in [-0.4, -0.2) is 37.1 Å². The first-order chi connectivity index (χ1) is 9.86. The molecule has 5 heteroatoms. The van der Waals surface area contributed by atoms with Gasteiger partial charge in [-0.05, 0) is 38.1 Å². The van der Waals surface area contributed by atoms with Crippen LogP contribution in [0.25, 0.3) is 0 Å². The molecular formula is C16H25F3N2. The topological polar surface area (TPSA) is 15.3 Å². The van der Waals surface area contributed by atoms with Crippen LogP contribution in [0.15, 0.2) is 24.3 Å². The molecule has 0 aliphatic heterocycles. The molecule has 2 nitrogen and oxygen atoms in total. The molecule has 0 radical (unpaired) electrons. The minimum atomic E-state index is -4.27. The van der Waals surface area contributed by atoms with Gasteiger partial charge in [-0.15, -0.1) is 0 Å². The number of alkyl halides is 3. The van der Waals surface area contributed by atoms with Crippen molar-refractivity contribution in [2.75, 3.05) is 26.2 Å². The van der Waals surface area contributed by atoms with Gasteiger partial charge < -0.3 is 10.2 Å². The molecule has 21 heavy (non-hydrogen) atoms. The summed E-state index contributed by atoms with van der Waals surface area (Å²) < 4.78 is 38.0. The second-order valence-electron chi connectivity index (χ2n) is 5.28. The number of benzene rings is 1. The van der Waals surface area contributed by atoms with Crippen molar-refractivity contribution in [2.45, 2.75) is 39.4 Å². The normalized spacial score (nSPS) is 13.7. The molecule has 0 heterocycles. The van der Waals surface area contributed by atoms with Gasteiger partial charge in [0.2, 0.25) is 0 Å². The number of hydrogen-bond donors (Lipinski definition) is 1. The Balaban J connectivity index is 2.46. The molecule has 1 aromatic rings. The molecule has 1 rings (SSSR count). The zero-order chi connectivity index (χ0) is 15.9. The van der Waals surface area contributed by atoms with Gasteiger partial charge in [0.15, 0.2) is 0 Å². The summed E-state index contributed by atoms with van der Waals surface area (Å²) in [7, 11) is 0. The fraction of sp³-hybridized carbons (Fsp3) is 0.625. The van der Waals surface area contributed by atoms with Crippen molar-refractivity contribution in [3.8, 4) is 0 Å². The van der Waals surface area contributed by atoms with Gasteiger partial charge in [-0.3, -0.25) is 0 Å². The van der Waals surface area contributed by atoms with Crippen molar-refractivity contribution in [3.63, 3.8) is 0 Å². The first-order valence-corrected chi connectivity index (χ1v) is 7.48. The van der Waals surface area contributed by atoms with E-state index in [1.54, 1.807) is 6.07 Å². The maximum atomic E-state index is 12.7. The standard InChI is InChI=1S/C16H25F3N2/c1-4-21(5-2)10-9-20-13(3)11-14-7-6-8-15(12-14)16(17,18)19/h6-8,12-13,20H,4-5,9-11H2,1-3H3/t13-/m0/s1. The first-order valence-electron chi connectivity index (χ1n) is 7.48. The number of halogens is 3. The molecule has 120 valence electrons. The predicted molar refractivity (Wildman–Crippen MR) is 80.4 cm³/mol. The molecule has 0 saturated heterocycles. The van der Waals surface area contributed by atoms with Gasteiger partial charge in [0, 0.05) is 19.1 Å². The maximum absolute atomic E-state index is 12.7. The minimum Gasteiger partial charge on any atom is -0.313 e. The summed E-state index contributed by atoms with van der Waals surface area (Å²) >= 11 is 0. The molecule has 1 N–H and O–H groups in total. The van der Waals surface area contributed by atoms with Crippen LogP contribution in [0.4, 0.5) is 13.2 Å². The number of likely N-dealkylation sites (N-methyl/N-ethyl adjacent to an activating group) is 1. The van der Waals surface area contributed by atoms with Crippen LogP contribution in [0.5, 0.6) is 0 Å². The van der Waals surface area contributed by atoms with E-state index in [4.69, 9.17) is 0 Å². The van der Waals surface area contributed by atoms with Crippen LogP contribution in [0.2, 0.25) is 0 Å². The summed E-state index contributed by atoms with van der Waals surface area (Å²) in [5, 5.41) is 3.37. The van der Waals surface area contributed by atoms with Gasteiger partial charge in [-0.1, -0.05) is 32.0 Å². The zero-order valence-corrected chi connectivity index (χ0v) is 13.0. The van der Waals surface area contributed by atoms with Crippen LogP contribution in [0.3, 0.4) is 0 Å². The average molecular weight is 302 g/mol. The van der Waals surface area contributed by atoms with Crippen molar-refractivity contribution in [3.05, 3.63) is 35.4 Å². The Kier molecular flexibility index (Phi) is 7.18. The van der Waals surface area contributed by atoms with Crippen LogP contribution >= 0.6 is 0 Å². The molecule has 1 aromatic carbocycles. The summed E-state index contributed by atoms with van der Waals surface area (Å²) in [6.07, 6.45) is -3.67. The third kappa shape index (κ3) is 6.48.